The third-order valence-electron chi connectivity index (χ3n) is 4.52. The SMILES string of the molecule is CCC(=O)N1N=C(c2ccc(Cl)cc2)C[C@@H]1c1ccc2nccnc2c1. The maximum Gasteiger partial charge on any atom is 0.242 e. The maximum atomic E-state index is 12.5. The van der Waals surface area contributed by atoms with Crippen molar-refractivity contribution in [2.45, 2.75) is 25.8 Å². The molecule has 0 unspecified atom stereocenters. The topological polar surface area (TPSA) is 58.5 Å². The molecule has 1 aliphatic heterocycles. The van der Waals surface area contributed by atoms with Gasteiger partial charge in [-0.15, -0.1) is 0 Å². The normalized spacial score (nSPS) is 16.8. The van der Waals surface area contributed by atoms with Crippen LogP contribution in [0, 0.1) is 0 Å². The van der Waals surface area contributed by atoms with Crippen molar-refractivity contribution in [3.05, 3.63) is 71.0 Å². The van der Waals surface area contributed by atoms with Crippen molar-refractivity contribution < 1.29 is 4.79 Å². The fraction of sp³-hybridized carbons (Fsp3) is 0.200. The fourth-order valence-electron chi connectivity index (χ4n) is 3.17. The number of fused-ring (bicyclic) bond motifs is 1. The quantitative estimate of drug-likeness (QED) is 0.693. The highest BCUT2D eigenvalue weighted by Gasteiger charge is 2.32. The Kier molecular flexibility index (Phi) is 4.39. The van der Waals surface area contributed by atoms with Gasteiger partial charge in [-0.1, -0.05) is 36.7 Å². The molecule has 1 amide bonds. The van der Waals surface area contributed by atoms with Gasteiger partial charge in [0, 0.05) is 30.3 Å². The van der Waals surface area contributed by atoms with E-state index in [1.165, 1.54) is 0 Å². The predicted molar refractivity (Wildman–Crippen MR) is 102 cm³/mol. The third kappa shape index (κ3) is 3.06. The molecule has 2 heterocycles. The first kappa shape index (κ1) is 16.7. The zero-order chi connectivity index (χ0) is 18.1. The van der Waals surface area contributed by atoms with Crippen LogP contribution in [0.1, 0.15) is 36.9 Å². The summed E-state index contributed by atoms with van der Waals surface area (Å²) in [4.78, 5) is 21.1. The molecule has 0 saturated carbocycles. The number of nitrogens with zero attached hydrogens (tertiary/aromatic N) is 4. The van der Waals surface area contributed by atoms with Crippen molar-refractivity contribution in [2.24, 2.45) is 5.10 Å². The number of hydrogen-bond acceptors (Lipinski definition) is 4. The van der Waals surface area contributed by atoms with Gasteiger partial charge < -0.3 is 0 Å². The van der Waals surface area contributed by atoms with Crippen molar-refractivity contribution in [2.75, 3.05) is 0 Å². The van der Waals surface area contributed by atoms with Crippen LogP contribution in [0.5, 0.6) is 0 Å². The molecular formula is C20H17ClN4O. The average molecular weight is 365 g/mol. The standard InChI is InChI=1S/C20H17ClN4O/c1-2-20(26)25-19(12-17(24-25)13-3-6-15(21)7-4-13)14-5-8-16-18(11-14)23-10-9-22-16/h3-11,19H,2,12H2,1H3/t19-/m1/s1. The largest absolute Gasteiger partial charge is 0.273 e. The lowest BCUT2D eigenvalue weighted by atomic mass is 9.98. The number of rotatable bonds is 3. The maximum absolute atomic E-state index is 12.5. The molecule has 0 fully saturated rings. The summed E-state index contributed by atoms with van der Waals surface area (Å²) < 4.78 is 0. The molecule has 1 aliphatic rings. The van der Waals surface area contributed by atoms with E-state index in [0.29, 0.717) is 17.9 Å². The zero-order valence-corrected chi connectivity index (χ0v) is 15.0. The number of carbonyl (C=O) groups excluding carboxylic acids is 1. The van der Waals surface area contributed by atoms with E-state index in [-0.39, 0.29) is 11.9 Å². The van der Waals surface area contributed by atoms with Crippen LogP contribution in [0.25, 0.3) is 11.0 Å². The molecule has 0 N–H and O–H groups in total. The molecule has 26 heavy (non-hydrogen) atoms. The number of amides is 1. The van der Waals surface area contributed by atoms with E-state index in [1.54, 1.807) is 17.4 Å². The van der Waals surface area contributed by atoms with Crippen LogP contribution >= 0.6 is 11.6 Å². The summed E-state index contributed by atoms with van der Waals surface area (Å²) in [6.45, 7) is 1.85. The van der Waals surface area contributed by atoms with E-state index < -0.39 is 0 Å². The highest BCUT2D eigenvalue weighted by molar-refractivity contribution is 6.30. The Balaban J connectivity index is 1.72. The van der Waals surface area contributed by atoms with Gasteiger partial charge in [-0.2, -0.15) is 5.10 Å². The lowest BCUT2D eigenvalue weighted by Gasteiger charge is -2.21. The first-order chi connectivity index (χ1) is 12.7. The molecule has 0 spiro atoms. The molecule has 130 valence electrons. The number of hydrazone groups is 1. The van der Waals surface area contributed by atoms with E-state index in [0.717, 1.165) is 27.9 Å². The number of carbonyl (C=O) groups is 1. The molecule has 0 saturated heterocycles. The van der Waals surface area contributed by atoms with Crippen molar-refractivity contribution in [3.63, 3.8) is 0 Å². The monoisotopic (exact) mass is 364 g/mol. The van der Waals surface area contributed by atoms with Crippen LogP contribution in [-0.4, -0.2) is 26.6 Å². The second-order valence-electron chi connectivity index (χ2n) is 6.17. The summed E-state index contributed by atoms with van der Waals surface area (Å²) in [6, 6.07) is 13.3. The summed E-state index contributed by atoms with van der Waals surface area (Å²) in [5, 5.41) is 6.90. The highest BCUT2D eigenvalue weighted by Crippen LogP contribution is 2.34. The summed E-state index contributed by atoms with van der Waals surface area (Å²) in [7, 11) is 0. The average Bonchev–Trinajstić information content (AvgIpc) is 3.13. The minimum atomic E-state index is -0.139. The van der Waals surface area contributed by atoms with Crippen molar-refractivity contribution in [1.29, 1.82) is 0 Å². The van der Waals surface area contributed by atoms with Gasteiger partial charge in [-0.25, -0.2) is 5.01 Å². The molecule has 1 aromatic heterocycles. The molecule has 0 radical (unpaired) electrons. The first-order valence-electron chi connectivity index (χ1n) is 8.52. The van der Waals surface area contributed by atoms with Gasteiger partial charge in [0.25, 0.3) is 0 Å². The second-order valence-corrected chi connectivity index (χ2v) is 6.61. The zero-order valence-electron chi connectivity index (χ0n) is 14.3. The van der Waals surface area contributed by atoms with Gasteiger partial charge in [0.2, 0.25) is 5.91 Å². The Labute approximate surface area is 156 Å². The summed E-state index contributed by atoms with van der Waals surface area (Å²) >= 11 is 5.98. The van der Waals surface area contributed by atoms with Gasteiger partial charge in [0.1, 0.15) is 0 Å². The molecule has 3 aromatic rings. The van der Waals surface area contributed by atoms with Gasteiger partial charge >= 0.3 is 0 Å². The Hall–Kier alpha value is -2.79. The Bertz CT molecular complexity index is 1000. The number of benzene rings is 2. The van der Waals surface area contributed by atoms with Crippen LogP contribution in [0.2, 0.25) is 5.02 Å². The van der Waals surface area contributed by atoms with Crippen molar-refractivity contribution in [3.8, 4) is 0 Å². The third-order valence-corrected chi connectivity index (χ3v) is 4.78. The van der Waals surface area contributed by atoms with Crippen LogP contribution < -0.4 is 0 Å². The lowest BCUT2D eigenvalue weighted by molar-refractivity contribution is -0.132. The second kappa shape index (κ2) is 6.84. The van der Waals surface area contributed by atoms with E-state index in [1.807, 2.05) is 49.4 Å². The minimum Gasteiger partial charge on any atom is -0.273 e. The smallest absolute Gasteiger partial charge is 0.242 e. The molecule has 0 aliphatic carbocycles. The van der Waals surface area contributed by atoms with Gasteiger partial charge in [-0.05, 0) is 35.4 Å². The van der Waals surface area contributed by atoms with Crippen LogP contribution in [0.15, 0.2) is 60.0 Å². The number of halogens is 1. The van der Waals surface area contributed by atoms with Gasteiger partial charge in [-0.3, -0.25) is 14.8 Å². The highest BCUT2D eigenvalue weighted by atomic mass is 35.5. The van der Waals surface area contributed by atoms with Crippen molar-refractivity contribution >= 4 is 34.3 Å². The van der Waals surface area contributed by atoms with Crippen LogP contribution in [0.4, 0.5) is 0 Å². The number of aromatic nitrogens is 2. The van der Waals surface area contributed by atoms with E-state index in [9.17, 15) is 4.79 Å². The minimum absolute atomic E-state index is 0.00166. The van der Waals surface area contributed by atoms with Crippen LogP contribution in [-0.2, 0) is 4.79 Å². The molecular weight excluding hydrogens is 348 g/mol. The van der Waals surface area contributed by atoms with Crippen molar-refractivity contribution in [1.82, 2.24) is 15.0 Å². The molecule has 5 nitrogen and oxygen atoms in total. The predicted octanol–water partition coefficient (Wildman–Crippen LogP) is 4.37. The summed E-state index contributed by atoms with van der Waals surface area (Å²) in [5.74, 6) is -0.00166. The van der Waals surface area contributed by atoms with E-state index in [2.05, 4.69) is 15.1 Å². The molecule has 0 bridgehead atoms. The lowest BCUT2D eigenvalue weighted by Crippen LogP contribution is -2.26. The summed E-state index contributed by atoms with van der Waals surface area (Å²) in [6.07, 6.45) is 4.40. The van der Waals surface area contributed by atoms with Gasteiger partial charge in [0.15, 0.2) is 0 Å². The Morgan fingerprint density at radius 3 is 2.58 bits per heavy atom. The van der Waals surface area contributed by atoms with E-state index in [4.69, 9.17) is 11.6 Å². The Morgan fingerprint density at radius 2 is 1.85 bits per heavy atom. The molecule has 1 atom stereocenters. The Morgan fingerprint density at radius 1 is 1.12 bits per heavy atom. The van der Waals surface area contributed by atoms with Gasteiger partial charge in [0.05, 0.1) is 22.8 Å². The number of hydrogen-bond donors (Lipinski definition) is 0. The fourth-order valence-corrected chi connectivity index (χ4v) is 3.29. The molecule has 6 heteroatoms. The molecule has 2 aromatic carbocycles. The van der Waals surface area contributed by atoms with E-state index >= 15 is 0 Å². The first-order valence-corrected chi connectivity index (χ1v) is 8.89. The molecule has 4 rings (SSSR count). The summed E-state index contributed by atoms with van der Waals surface area (Å²) in [5.41, 5.74) is 4.52. The van der Waals surface area contributed by atoms with Crippen LogP contribution in [0.3, 0.4) is 0 Å².